The summed E-state index contributed by atoms with van der Waals surface area (Å²) in [4.78, 5) is 14.3. The van der Waals surface area contributed by atoms with Crippen molar-refractivity contribution >= 4 is 16.5 Å². The van der Waals surface area contributed by atoms with Crippen molar-refractivity contribution in [2.24, 2.45) is 5.92 Å². The molecule has 4 nitrogen and oxygen atoms in total. The molecule has 2 heterocycles. The second-order valence-electron chi connectivity index (χ2n) is 4.59. The lowest BCUT2D eigenvalue weighted by Crippen LogP contribution is -1.94. The first-order valence-electron chi connectivity index (χ1n) is 5.71. The van der Waals surface area contributed by atoms with E-state index in [-0.39, 0.29) is 0 Å². The summed E-state index contributed by atoms with van der Waals surface area (Å²) in [6.45, 7) is 4.19. The minimum absolute atomic E-state index is 0.542. The molecular weight excluding hydrogens is 232 g/mol. The zero-order valence-electron chi connectivity index (χ0n) is 9.84. The molecule has 0 saturated heterocycles. The summed E-state index contributed by atoms with van der Waals surface area (Å²) in [6.07, 6.45) is 3.03. The number of aromatic nitrogens is 3. The van der Waals surface area contributed by atoms with Gasteiger partial charge >= 0.3 is 0 Å². The maximum Gasteiger partial charge on any atom is 0.180 e. The first-order valence-corrected chi connectivity index (χ1v) is 6.53. The van der Waals surface area contributed by atoms with Crippen LogP contribution in [0.25, 0.3) is 10.6 Å². The highest BCUT2D eigenvalue weighted by atomic mass is 32.1. The molecule has 0 bridgehead atoms. The van der Waals surface area contributed by atoms with Gasteiger partial charge in [0.15, 0.2) is 5.13 Å². The van der Waals surface area contributed by atoms with Crippen molar-refractivity contribution in [1.29, 1.82) is 0 Å². The topological polar surface area (TPSA) is 64.7 Å². The summed E-state index contributed by atoms with van der Waals surface area (Å²) in [5.41, 5.74) is 7.60. The zero-order valence-corrected chi connectivity index (χ0v) is 10.7. The van der Waals surface area contributed by atoms with E-state index >= 15 is 0 Å². The van der Waals surface area contributed by atoms with Gasteiger partial charge in [0.25, 0.3) is 0 Å². The summed E-state index contributed by atoms with van der Waals surface area (Å²) in [5, 5.41) is 0.595. The molecule has 5 heteroatoms. The first kappa shape index (κ1) is 10.7. The van der Waals surface area contributed by atoms with Crippen molar-refractivity contribution in [2.75, 3.05) is 5.73 Å². The Balaban J connectivity index is 2.00. The molecule has 1 saturated carbocycles. The monoisotopic (exact) mass is 246 g/mol. The zero-order chi connectivity index (χ0) is 12.0. The fourth-order valence-corrected chi connectivity index (χ4v) is 2.82. The number of rotatable bonds is 2. The lowest BCUT2D eigenvalue weighted by molar-refractivity contribution is 0.844. The van der Waals surface area contributed by atoms with Crippen molar-refractivity contribution in [3.63, 3.8) is 0 Å². The van der Waals surface area contributed by atoms with E-state index in [1.165, 1.54) is 17.8 Å². The number of aryl methyl sites for hydroxylation is 1. The summed E-state index contributed by atoms with van der Waals surface area (Å²) < 4.78 is 0. The Morgan fingerprint density at radius 1 is 1.41 bits per heavy atom. The lowest BCUT2D eigenvalue weighted by atomic mass is 10.2. The van der Waals surface area contributed by atoms with E-state index in [1.807, 2.05) is 19.2 Å². The van der Waals surface area contributed by atoms with Gasteiger partial charge in [0, 0.05) is 12.1 Å². The Bertz CT molecular complexity index is 563. The Morgan fingerprint density at radius 3 is 2.76 bits per heavy atom. The molecule has 1 fully saturated rings. The third-order valence-corrected chi connectivity index (χ3v) is 4.17. The highest BCUT2D eigenvalue weighted by Gasteiger charge is 2.36. The van der Waals surface area contributed by atoms with Crippen LogP contribution in [-0.2, 0) is 0 Å². The third-order valence-electron chi connectivity index (χ3n) is 3.16. The van der Waals surface area contributed by atoms with Gasteiger partial charge in [-0.2, -0.15) is 0 Å². The van der Waals surface area contributed by atoms with Crippen molar-refractivity contribution in [3.05, 3.63) is 23.8 Å². The van der Waals surface area contributed by atoms with E-state index < -0.39 is 0 Å². The molecule has 0 spiro atoms. The molecule has 17 heavy (non-hydrogen) atoms. The van der Waals surface area contributed by atoms with E-state index in [4.69, 9.17) is 5.73 Å². The molecule has 2 aromatic rings. The first-order chi connectivity index (χ1) is 8.15. The maximum atomic E-state index is 5.71. The van der Waals surface area contributed by atoms with Gasteiger partial charge in [-0.25, -0.2) is 15.0 Å². The van der Waals surface area contributed by atoms with Gasteiger partial charge in [-0.05, 0) is 25.3 Å². The van der Waals surface area contributed by atoms with Gasteiger partial charge in [-0.15, -0.1) is 0 Å². The van der Waals surface area contributed by atoms with Crippen LogP contribution in [0.3, 0.4) is 0 Å². The average Bonchev–Trinajstić information content (AvgIpc) is 2.93. The number of nitrogen functional groups attached to an aromatic ring is 1. The van der Waals surface area contributed by atoms with E-state index in [0.717, 1.165) is 28.0 Å². The largest absolute Gasteiger partial charge is 0.375 e. The van der Waals surface area contributed by atoms with Gasteiger partial charge in [0.1, 0.15) is 5.82 Å². The summed E-state index contributed by atoms with van der Waals surface area (Å²) in [7, 11) is 0. The van der Waals surface area contributed by atoms with Gasteiger partial charge in [0.05, 0.1) is 16.3 Å². The van der Waals surface area contributed by atoms with Gasteiger partial charge in [-0.1, -0.05) is 18.3 Å². The quantitative estimate of drug-likeness (QED) is 0.884. The van der Waals surface area contributed by atoms with Crippen LogP contribution in [-0.4, -0.2) is 15.0 Å². The van der Waals surface area contributed by atoms with Crippen LogP contribution in [0.2, 0.25) is 0 Å². The molecule has 0 aromatic carbocycles. The second-order valence-corrected chi connectivity index (χ2v) is 5.62. The maximum absolute atomic E-state index is 5.71. The number of anilines is 1. The molecule has 2 N–H and O–H groups in total. The van der Waals surface area contributed by atoms with Crippen LogP contribution in [0.5, 0.6) is 0 Å². The van der Waals surface area contributed by atoms with Crippen LogP contribution in [0, 0.1) is 12.8 Å². The summed E-state index contributed by atoms with van der Waals surface area (Å²) >= 11 is 1.49. The lowest BCUT2D eigenvalue weighted by Gasteiger charge is -2.01. The highest BCUT2D eigenvalue weighted by Crippen LogP contribution is 2.45. The highest BCUT2D eigenvalue weighted by molar-refractivity contribution is 7.18. The van der Waals surface area contributed by atoms with Crippen LogP contribution in [0.15, 0.2) is 12.3 Å². The predicted octanol–water partition coefficient (Wildman–Crippen LogP) is 2.61. The van der Waals surface area contributed by atoms with E-state index in [1.54, 1.807) is 0 Å². The molecule has 0 radical (unpaired) electrons. The normalized spacial score (nSPS) is 22.7. The third kappa shape index (κ3) is 1.91. The smallest absolute Gasteiger partial charge is 0.180 e. The second kappa shape index (κ2) is 3.77. The Kier molecular flexibility index (Phi) is 2.36. The number of nitrogens with two attached hydrogens (primary N) is 1. The predicted molar refractivity (Wildman–Crippen MR) is 68.8 cm³/mol. The van der Waals surface area contributed by atoms with E-state index in [9.17, 15) is 0 Å². The van der Waals surface area contributed by atoms with E-state index in [2.05, 4.69) is 21.9 Å². The summed E-state index contributed by atoms with van der Waals surface area (Å²) in [6, 6.07) is 1.93. The van der Waals surface area contributed by atoms with Crippen molar-refractivity contribution in [1.82, 2.24) is 15.0 Å². The minimum atomic E-state index is 0.542. The van der Waals surface area contributed by atoms with Crippen LogP contribution in [0.1, 0.15) is 30.8 Å². The van der Waals surface area contributed by atoms with Crippen molar-refractivity contribution in [3.8, 4) is 10.6 Å². The number of hydrogen-bond donors (Lipinski definition) is 1. The number of hydrogen-bond acceptors (Lipinski definition) is 5. The SMILES string of the molecule is Cc1nc(N)sc1-c1ccnc(C2CC2C)n1. The Morgan fingerprint density at radius 2 is 2.18 bits per heavy atom. The molecule has 0 amide bonds. The molecule has 1 aliphatic rings. The van der Waals surface area contributed by atoms with Crippen molar-refractivity contribution in [2.45, 2.75) is 26.2 Å². The molecule has 2 aromatic heterocycles. The molecule has 0 aliphatic heterocycles. The van der Waals surface area contributed by atoms with Crippen LogP contribution < -0.4 is 5.73 Å². The number of thiazole rings is 1. The summed E-state index contributed by atoms with van der Waals surface area (Å²) in [5.74, 6) is 2.22. The van der Waals surface area contributed by atoms with Gasteiger partial charge < -0.3 is 5.73 Å². The molecule has 88 valence electrons. The van der Waals surface area contributed by atoms with Gasteiger partial charge in [-0.3, -0.25) is 0 Å². The minimum Gasteiger partial charge on any atom is -0.375 e. The van der Waals surface area contributed by atoms with Crippen molar-refractivity contribution < 1.29 is 0 Å². The number of nitrogens with zero attached hydrogens (tertiary/aromatic N) is 3. The Hall–Kier alpha value is -1.49. The fraction of sp³-hybridized carbons (Fsp3) is 0.417. The van der Waals surface area contributed by atoms with Crippen LogP contribution in [0.4, 0.5) is 5.13 Å². The van der Waals surface area contributed by atoms with E-state index in [0.29, 0.717) is 11.0 Å². The molecule has 3 rings (SSSR count). The molecular formula is C12H14N4S. The standard InChI is InChI=1S/C12H14N4S/c1-6-5-8(6)11-14-4-3-9(16-11)10-7(2)15-12(13)17-10/h3-4,6,8H,5H2,1-2H3,(H2,13,15). The van der Waals surface area contributed by atoms with Crippen LogP contribution >= 0.6 is 11.3 Å². The Labute approximate surface area is 104 Å². The van der Waals surface area contributed by atoms with Gasteiger partial charge in [0.2, 0.25) is 0 Å². The fourth-order valence-electron chi connectivity index (χ4n) is 2.02. The molecule has 2 unspecified atom stereocenters. The molecule has 1 aliphatic carbocycles. The molecule has 2 atom stereocenters. The average molecular weight is 246 g/mol.